The molecule has 1 atom stereocenters. The Kier molecular flexibility index (Phi) is 4.92. The predicted molar refractivity (Wildman–Crippen MR) is 49.0 cm³/mol. The zero-order valence-corrected chi connectivity index (χ0v) is 7.65. The molecule has 0 saturated carbocycles. The number of rotatable bonds is 1. The first-order chi connectivity index (χ1) is 5.72. The lowest BCUT2D eigenvalue weighted by Gasteiger charge is -2.07. The molecule has 4 heteroatoms. The summed E-state index contributed by atoms with van der Waals surface area (Å²) in [5.41, 5.74) is 0.590. The van der Waals surface area contributed by atoms with Gasteiger partial charge in [0.1, 0.15) is 0 Å². The van der Waals surface area contributed by atoms with Gasteiger partial charge in [-0.15, -0.1) is 0 Å². The van der Waals surface area contributed by atoms with Crippen molar-refractivity contribution in [2.24, 2.45) is 4.99 Å². The van der Waals surface area contributed by atoms with Gasteiger partial charge in [0.05, 0.1) is 5.71 Å². The number of nitro groups is 1. The average Bonchev–Trinajstić information content (AvgIpc) is 2.08. The second kappa shape index (κ2) is 5.46. The van der Waals surface area contributed by atoms with Crippen molar-refractivity contribution in [2.45, 2.75) is 33.2 Å². The molecule has 1 aliphatic rings. The highest BCUT2D eigenvalue weighted by Gasteiger charge is 2.23. The molecule has 1 rings (SSSR count). The summed E-state index contributed by atoms with van der Waals surface area (Å²) in [7, 11) is 0. The lowest BCUT2D eigenvalue weighted by Crippen LogP contribution is -2.27. The molecule has 0 radical (unpaired) electrons. The van der Waals surface area contributed by atoms with Crippen molar-refractivity contribution in [2.75, 3.05) is 0 Å². The maximum absolute atomic E-state index is 10.3. The Morgan fingerprint density at radius 2 is 2.25 bits per heavy atom. The van der Waals surface area contributed by atoms with E-state index in [0.29, 0.717) is 12.1 Å². The van der Waals surface area contributed by atoms with E-state index in [1.807, 2.05) is 13.8 Å². The second-order valence-corrected chi connectivity index (χ2v) is 2.19. The summed E-state index contributed by atoms with van der Waals surface area (Å²) >= 11 is 0. The number of hydrogen-bond acceptors (Lipinski definition) is 3. The molecule has 1 unspecified atom stereocenters. The topological polar surface area (TPSA) is 55.5 Å². The molecule has 0 spiro atoms. The van der Waals surface area contributed by atoms with Crippen molar-refractivity contribution >= 4 is 5.71 Å². The molecule has 0 fully saturated rings. The third kappa shape index (κ3) is 2.82. The predicted octanol–water partition coefficient (Wildman–Crippen LogP) is 2.04. The fourth-order valence-electron chi connectivity index (χ4n) is 0.855. The van der Waals surface area contributed by atoms with Crippen LogP contribution in [0.1, 0.15) is 27.2 Å². The first-order valence-corrected chi connectivity index (χ1v) is 4.04. The summed E-state index contributed by atoms with van der Waals surface area (Å²) in [6.45, 7) is 5.68. The van der Waals surface area contributed by atoms with Gasteiger partial charge in [-0.3, -0.25) is 15.1 Å². The van der Waals surface area contributed by atoms with E-state index in [-0.39, 0.29) is 4.92 Å². The second-order valence-electron chi connectivity index (χ2n) is 2.19. The molecule has 0 amide bonds. The molecule has 0 bridgehead atoms. The van der Waals surface area contributed by atoms with Crippen LogP contribution in [0.5, 0.6) is 0 Å². The van der Waals surface area contributed by atoms with E-state index >= 15 is 0 Å². The summed E-state index contributed by atoms with van der Waals surface area (Å²) in [5.74, 6) is 0. The van der Waals surface area contributed by atoms with Gasteiger partial charge in [0.15, 0.2) is 0 Å². The maximum atomic E-state index is 10.3. The largest absolute Gasteiger partial charge is 0.264 e. The lowest BCUT2D eigenvalue weighted by atomic mass is 10.1. The minimum Gasteiger partial charge on any atom is -0.264 e. The molecule has 0 aliphatic carbocycles. The zero-order chi connectivity index (χ0) is 9.56. The van der Waals surface area contributed by atoms with E-state index in [9.17, 15) is 10.1 Å². The van der Waals surface area contributed by atoms with E-state index < -0.39 is 6.04 Å². The molecule has 12 heavy (non-hydrogen) atoms. The zero-order valence-electron chi connectivity index (χ0n) is 7.65. The van der Waals surface area contributed by atoms with Crippen molar-refractivity contribution in [1.29, 1.82) is 0 Å². The molecule has 0 aromatic heterocycles. The first kappa shape index (κ1) is 10.8. The number of nitrogens with zero attached hydrogens (tertiary/aromatic N) is 2. The summed E-state index contributed by atoms with van der Waals surface area (Å²) in [6.07, 6.45) is 3.79. The van der Waals surface area contributed by atoms with Gasteiger partial charge in [-0.1, -0.05) is 19.9 Å². The summed E-state index contributed by atoms with van der Waals surface area (Å²) < 4.78 is 0. The van der Waals surface area contributed by atoms with Gasteiger partial charge in [-0.05, 0) is 6.92 Å². The Balaban J connectivity index is 0.000000561. The molecule has 68 valence electrons. The normalized spacial score (nSPS) is 20.6. The Morgan fingerprint density at radius 1 is 1.67 bits per heavy atom. The van der Waals surface area contributed by atoms with Crippen LogP contribution >= 0.6 is 0 Å². The third-order valence-corrected chi connectivity index (χ3v) is 1.48. The minimum absolute atomic E-state index is 0.303. The summed E-state index contributed by atoms with van der Waals surface area (Å²) in [6, 6.07) is -0.593. The third-order valence-electron chi connectivity index (χ3n) is 1.48. The Hall–Kier alpha value is -1.19. The van der Waals surface area contributed by atoms with Crippen molar-refractivity contribution in [3.8, 4) is 0 Å². The van der Waals surface area contributed by atoms with Crippen LogP contribution in [0.15, 0.2) is 17.3 Å². The van der Waals surface area contributed by atoms with Gasteiger partial charge >= 0.3 is 0 Å². The average molecular weight is 170 g/mol. The number of aliphatic imine (C=N–C) groups is 1. The quantitative estimate of drug-likeness (QED) is 0.446. The Labute approximate surface area is 72.2 Å². The molecular formula is C8H14N2O2. The standard InChI is InChI=1S/C6H8N2O2.C2H6/c1-5-6(8(9)10)3-2-4-7-5;1-2/h2,4,6H,3H2,1H3;1-2H3. The highest BCUT2D eigenvalue weighted by molar-refractivity contribution is 5.87. The SMILES string of the molecule is CC.CC1=NC=CCC1[N+](=O)[O-]. The van der Waals surface area contributed by atoms with Gasteiger partial charge in [0.25, 0.3) is 6.04 Å². The van der Waals surface area contributed by atoms with Crippen LogP contribution in [0, 0.1) is 10.1 Å². The smallest absolute Gasteiger partial charge is 0.254 e. The van der Waals surface area contributed by atoms with Crippen LogP contribution in [-0.2, 0) is 0 Å². The molecule has 1 aliphatic heterocycles. The molecule has 0 saturated heterocycles. The van der Waals surface area contributed by atoms with Gasteiger partial charge in [-0.25, -0.2) is 0 Å². The van der Waals surface area contributed by atoms with Crippen LogP contribution in [-0.4, -0.2) is 16.7 Å². The van der Waals surface area contributed by atoms with Gasteiger partial charge in [0, 0.05) is 17.5 Å². The highest BCUT2D eigenvalue weighted by Crippen LogP contribution is 2.06. The van der Waals surface area contributed by atoms with Crippen LogP contribution in [0.3, 0.4) is 0 Å². The van der Waals surface area contributed by atoms with E-state index in [1.54, 1.807) is 19.2 Å². The monoisotopic (exact) mass is 170 g/mol. The molecule has 0 N–H and O–H groups in total. The summed E-state index contributed by atoms with van der Waals surface area (Å²) in [5, 5.41) is 10.3. The molecule has 0 aromatic carbocycles. The van der Waals surface area contributed by atoms with E-state index in [0.717, 1.165) is 0 Å². The van der Waals surface area contributed by atoms with Crippen LogP contribution in [0.4, 0.5) is 0 Å². The highest BCUT2D eigenvalue weighted by atomic mass is 16.6. The molecular weight excluding hydrogens is 156 g/mol. The van der Waals surface area contributed by atoms with Crippen molar-refractivity contribution in [3.63, 3.8) is 0 Å². The van der Waals surface area contributed by atoms with Crippen molar-refractivity contribution in [1.82, 2.24) is 0 Å². The first-order valence-electron chi connectivity index (χ1n) is 4.04. The minimum atomic E-state index is -0.593. The van der Waals surface area contributed by atoms with Gasteiger partial charge in [-0.2, -0.15) is 0 Å². The van der Waals surface area contributed by atoms with Crippen molar-refractivity contribution < 1.29 is 4.92 Å². The van der Waals surface area contributed by atoms with Crippen LogP contribution < -0.4 is 0 Å². The Morgan fingerprint density at radius 3 is 2.58 bits per heavy atom. The van der Waals surface area contributed by atoms with Crippen LogP contribution in [0.2, 0.25) is 0 Å². The van der Waals surface area contributed by atoms with Crippen molar-refractivity contribution in [3.05, 3.63) is 22.4 Å². The maximum Gasteiger partial charge on any atom is 0.254 e. The number of hydrogen-bond donors (Lipinski definition) is 0. The van der Waals surface area contributed by atoms with Gasteiger partial charge < -0.3 is 0 Å². The van der Waals surface area contributed by atoms with Crippen LogP contribution in [0.25, 0.3) is 0 Å². The fourth-order valence-corrected chi connectivity index (χ4v) is 0.855. The molecule has 4 nitrogen and oxygen atoms in total. The lowest BCUT2D eigenvalue weighted by molar-refractivity contribution is -0.502. The van der Waals surface area contributed by atoms with E-state index in [4.69, 9.17) is 0 Å². The molecule has 0 aromatic rings. The van der Waals surface area contributed by atoms with E-state index in [1.165, 1.54) is 0 Å². The van der Waals surface area contributed by atoms with Gasteiger partial charge in [0.2, 0.25) is 0 Å². The fraction of sp³-hybridized carbons (Fsp3) is 0.625. The Bertz CT molecular complexity index is 209. The van der Waals surface area contributed by atoms with E-state index in [2.05, 4.69) is 4.99 Å². The molecule has 1 heterocycles. The summed E-state index contributed by atoms with van der Waals surface area (Å²) in [4.78, 5) is 13.8.